The Labute approximate surface area is 145 Å². The van der Waals surface area contributed by atoms with Crippen LogP contribution >= 0.6 is 0 Å². The van der Waals surface area contributed by atoms with Gasteiger partial charge in [-0.2, -0.15) is 22.0 Å². The molecule has 0 radical (unpaired) electrons. The molecule has 2 nitrogen and oxygen atoms in total. The Morgan fingerprint density at radius 1 is 0.923 bits per heavy atom. The van der Waals surface area contributed by atoms with Crippen LogP contribution in [0.3, 0.4) is 0 Å². The summed E-state index contributed by atoms with van der Waals surface area (Å²) in [6.07, 6.45) is -4.85. The molecule has 0 saturated heterocycles. The van der Waals surface area contributed by atoms with Crippen LogP contribution in [0.2, 0.25) is 0 Å². The minimum absolute atomic E-state index is 0.123. The lowest BCUT2D eigenvalue weighted by Crippen LogP contribution is -2.54. The average molecular weight is 376 g/mol. The third-order valence-corrected chi connectivity index (χ3v) is 3.74. The highest BCUT2D eigenvalue weighted by Crippen LogP contribution is 2.51. The van der Waals surface area contributed by atoms with Gasteiger partial charge in [0, 0.05) is 5.56 Å². The number of aliphatic hydroxyl groups is 1. The van der Waals surface area contributed by atoms with E-state index in [1.54, 1.807) is 0 Å². The monoisotopic (exact) mass is 376 g/mol. The summed E-state index contributed by atoms with van der Waals surface area (Å²) in [5.74, 6) is -6.48. The predicted molar refractivity (Wildman–Crippen MR) is 83.3 cm³/mol. The van der Waals surface area contributed by atoms with Crippen molar-refractivity contribution in [1.29, 1.82) is 0 Å². The van der Waals surface area contributed by atoms with Gasteiger partial charge < -0.3 is 9.84 Å². The molecule has 1 N–H and O–H groups in total. The van der Waals surface area contributed by atoms with E-state index in [0.29, 0.717) is 6.08 Å². The zero-order valence-corrected chi connectivity index (χ0v) is 13.4. The molecule has 0 amide bonds. The Morgan fingerprint density at radius 3 is 2.04 bits per heavy atom. The van der Waals surface area contributed by atoms with Crippen molar-refractivity contribution in [3.05, 3.63) is 71.6 Å². The molecule has 2 aromatic rings. The summed E-state index contributed by atoms with van der Waals surface area (Å²) >= 11 is 0. The maximum absolute atomic E-state index is 14.2. The second-order valence-corrected chi connectivity index (χ2v) is 5.42. The molecule has 1 atom stereocenters. The number of methoxy groups -OCH3 is 1. The second kappa shape index (κ2) is 7.03. The fraction of sp³-hybridized carbons (Fsp3) is 0.222. The quantitative estimate of drug-likeness (QED) is 0.750. The molecule has 0 aromatic heterocycles. The highest BCUT2D eigenvalue weighted by atomic mass is 19.4. The Hall–Kier alpha value is -2.48. The van der Waals surface area contributed by atoms with E-state index in [0.717, 1.165) is 37.5 Å². The number of halogens is 6. The van der Waals surface area contributed by atoms with Gasteiger partial charge in [0.15, 0.2) is 5.60 Å². The summed E-state index contributed by atoms with van der Waals surface area (Å²) < 4.78 is 85.1. The summed E-state index contributed by atoms with van der Waals surface area (Å²) in [6, 6.07) is 8.96. The summed E-state index contributed by atoms with van der Waals surface area (Å²) in [4.78, 5) is 0. The van der Waals surface area contributed by atoms with E-state index < -0.39 is 29.1 Å². The number of hydrogen-bond donors (Lipinski definition) is 1. The van der Waals surface area contributed by atoms with Crippen molar-refractivity contribution in [2.45, 2.75) is 17.7 Å². The minimum Gasteiger partial charge on any atom is -0.496 e. The minimum atomic E-state index is -6.03. The van der Waals surface area contributed by atoms with Crippen LogP contribution in [0.5, 0.6) is 5.75 Å². The first-order valence-electron chi connectivity index (χ1n) is 7.28. The molecule has 0 fully saturated rings. The van der Waals surface area contributed by atoms with Gasteiger partial charge in [-0.15, -0.1) is 0 Å². The number of para-hydroxylation sites is 1. The number of alkyl halides is 5. The molecular formula is C18H14F6O2. The van der Waals surface area contributed by atoms with Gasteiger partial charge in [-0.05, 0) is 29.8 Å². The van der Waals surface area contributed by atoms with Crippen molar-refractivity contribution in [3.63, 3.8) is 0 Å². The fourth-order valence-corrected chi connectivity index (χ4v) is 2.33. The summed E-state index contributed by atoms with van der Waals surface area (Å²) in [6.45, 7) is 0. The molecule has 2 rings (SSSR count). The zero-order chi connectivity index (χ0) is 19.6. The van der Waals surface area contributed by atoms with E-state index in [9.17, 15) is 31.4 Å². The Bertz CT molecular complexity index is 783. The van der Waals surface area contributed by atoms with E-state index in [4.69, 9.17) is 4.74 Å². The number of hydrogen-bond acceptors (Lipinski definition) is 2. The zero-order valence-electron chi connectivity index (χ0n) is 13.4. The van der Waals surface area contributed by atoms with E-state index in [1.165, 1.54) is 24.3 Å². The maximum atomic E-state index is 14.2. The topological polar surface area (TPSA) is 29.5 Å². The lowest BCUT2D eigenvalue weighted by molar-refractivity contribution is -0.334. The molecule has 1 unspecified atom stereocenters. The molecule has 0 saturated carbocycles. The Morgan fingerprint density at radius 2 is 1.50 bits per heavy atom. The van der Waals surface area contributed by atoms with Crippen molar-refractivity contribution >= 4 is 6.08 Å². The molecule has 0 aliphatic carbocycles. The third-order valence-electron chi connectivity index (χ3n) is 3.74. The standard InChI is InChI=1S/C18H14F6O2/c1-26-15-5-3-2-4-14(15)16(25,17(20,21)18(22,23)24)11-10-12-6-8-13(19)9-7-12/h2-11,25H,1H3/b11-10+. The first-order chi connectivity index (χ1) is 12.0. The molecule has 8 heteroatoms. The van der Waals surface area contributed by atoms with E-state index >= 15 is 0 Å². The Balaban J connectivity index is 2.64. The molecule has 0 spiro atoms. The first kappa shape index (κ1) is 19.8. The lowest BCUT2D eigenvalue weighted by atomic mass is 9.85. The first-order valence-corrected chi connectivity index (χ1v) is 7.28. The van der Waals surface area contributed by atoms with Gasteiger partial charge in [0.25, 0.3) is 0 Å². The molecule has 2 aromatic carbocycles. The Kier molecular flexibility index (Phi) is 5.36. The molecule has 0 aliphatic rings. The summed E-state index contributed by atoms with van der Waals surface area (Å²) in [5.41, 5.74) is -4.38. The van der Waals surface area contributed by atoms with Gasteiger partial charge in [-0.3, -0.25) is 0 Å². The van der Waals surface area contributed by atoms with Crippen molar-refractivity contribution in [3.8, 4) is 5.75 Å². The largest absolute Gasteiger partial charge is 0.496 e. The van der Waals surface area contributed by atoms with Crippen molar-refractivity contribution in [2.75, 3.05) is 7.11 Å². The third kappa shape index (κ3) is 3.55. The van der Waals surface area contributed by atoms with Gasteiger partial charge in [0.1, 0.15) is 11.6 Å². The van der Waals surface area contributed by atoms with Crippen LogP contribution in [0.4, 0.5) is 26.3 Å². The van der Waals surface area contributed by atoms with E-state index in [-0.39, 0.29) is 11.3 Å². The van der Waals surface area contributed by atoms with Gasteiger partial charge in [0.2, 0.25) is 0 Å². The van der Waals surface area contributed by atoms with Crippen molar-refractivity contribution in [1.82, 2.24) is 0 Å². The molecule has 0 heterocycles. The summed E-state index contributed by atoms with van der Waals surface area (Å²) in [7, 11) is 1.08. The van der Waals surface area contributed by atoms with Gasteiger partial charge >= 0.3 is 12.1 Å². The number of ether oxygens (including phenoxy) is 1. The van der Waals surface area contributed by atoms with Crippen LogP contribution in [-0.4, -0.2) is 24.3 Å². The van der Waals surface area contributed by atoms with Crippen LogP contribution in [0.15, 0.2) is 54.6 Å². The van der Waals surface area contributed by atoms with Gasteiger partial charge in [0.05, 0.1) is 7.11 Å². The van der Waals surface area contributed by atoms with Crippen LogP contribution in [0.25, 0.3) is 6.08 Å². The highest BCUT2D eigenvalue weighted by Gasteiger charge is 2.70. The predicted octanol–water partition coefficient (Wildman–Crippen LogP) is 4.93. The maximum Gasteiger partial charge on any atom is 0.457 e. The van der Waals surface area contributed by atoms with Crippen LogP contribution in [0, 0.1) is 5.82 Å². The molecular weight excluding hydrogens is 362 g/mol. The fourth-order valence-electron chi connectivity index (χ4n) is 2.33. The van der Waals surface area contributed by atoms with Gasteiger partial charge in [-0.1, -0.05) is 36.4 Å². The second-order valence-electron chi connectivity index (χ2n) is 5.42. The molecule has 0 aliphatic heterocycles. The van der Waals surface area contributed by atoms with Crippen molar-refractivity contribution < 1.29 is 36.2 Å². The van der Waals surface area contributed by atoms with Gasteiger partial charge in [-0.25, -0.2) is 4.39 Å². The number of benzene rings is 2. The average Bonchev–Trinajstić information content (AvgIpc) is 2.59. The molecule has 140 valence electrons. The SMILES string of the molecule is COc1ccccc1C(O)(/C=C/c1ccc(F)cc1)C(F)(F)C(F)(F)F. The summed E-state index contributed by atoms with van der Waals surface area (Å²) in [5, 5.41) is 10.5. The highest BCUT2D eigenvalue weighted by molar-refractivity contribution is 5.54. The van der Waals surface area contributed by atoms with E-state index in [2.05, 4.69) is 0 Å². The van der Waals surface area contributed by atoms with Crippen LogP contribution in [0.1, 0.15) is 11.1 Å². The van der Waals surface area contributed by atoms with Crippen LogP contribution < -0.4 is 4.74 Å². The number of rotatable bonds is 5. The van der Waals surface area contributed by atoms with E-state index in [1.807, 2.05) is 0 Å². The van der Waals surface area contributed by atoms with Crippen molar-refractivity contribution in [2.24, 2.45) is 0 Å². The smallest absolute Gasteiger partial charge is 0.457 e. The molecule has 26 heavy (non-hydrogen) atoms. The molecule has 0 bridgehead atoms. The normalized spacial score (nSPS) is 15.1. The van der Waals surface area contributed by atoms with Crippen LogP contribution in [-0.2, 0) is 5.60 Å². The lowest BCUT2D eigenvalue weighted by Gasteiger charge is -2.35.